The quantitative estimate of drug-likeness (QED) is 0.641. The normalized spacial score (nSPS) is 11.5. The lowest BCUT2D eigenvalue weighted by Crippen LogP contribution is -2.34. The average molecular weight is 234 g/mol. The van der Waals surface area contributed by atoms with Crippen molar-refractivity contribution in [3.8, 4) is 6.07 Å². The zero-order chi connectivity index (χ0) is 11.8. The molecule has 0 bridgehead atoms. The fraction of sp³-hybridized carbons (Fsp3) is 0.571. The Hall–Kier alpha value is -1.22. The standard InChI is InChI=1S/C7H11N2O5P/c1-14-15(13)7(12)9(4-2-3-8)5-6(10)11/h13H,2,4-5H2,1H3,(H,10,11). The number of carboxylic acids is 1. The Morgan fingerprint density at radius 1 is 1.60 bits per heavy atom. The van der Waals surface area contributed by atoms with E-state index in [1.807, 2.05) is 0 Å². The van der Waals surface area contributed by atoms with Gasteiger partial charge in [0.05, 0.1) is 12.5 Å². The number of rotatable bonds is 6. The van der Waals surface area contributed by atoms with Gasteiger partial charge in [0.15, 0.2) is 0 Å². The molecule has 1 atom stereocenters. The molecule has 0 fully saturated rings. The number of aliphatic carboxylic acids is 1. The lowest BCUT2D eigenvalue weighted by atomic mass is 10.4. The highest BCUT2D eigenvalue weighted by Gasteiger charge is 2.24. The molecule has 0 aromatic heterocycles. The first-order valence-corrected chi connectivity index (χ1v) is 5.15. The van der Waals surface area contributed by atoms with Crippen LogP contribution < -0.4 is 0 Å². The maximum absolute atomic E-state index is 11.3. The van der Waals surface area contributed by atoms with Gasteiger partial charge in [-0.3, -0.25) is 9.59 Å². The summed E-state index contributed by atoms with van der Waals surface area (Å²) in [7, 11) is -1.17. The van der Waals surface area contributed by atoms with Crippen LogP contribution in [0, 0.1) is 11.3 Å². The van der Waals surface area contributed by atoms with Crippen LogP contribution in [0.4, 0.5) is 4.79 Å². The van der Waals surface area contributed by atoms with Crippen molar-refractivity contribution in [2.45, 2.75) is 6.42 Å². The highest BCUT2D eigenvalue weighted by molar-refractivity contribution is 7.64. The summed E-state index contributed by atoms with van der Waals surface area (Å²) in [6.45, 7) is -0.590. The van der Waals surface area contributed by atoms with E-state index in [2.05, 4.69) is 4.52 Å². The van der Waals surface area contributed by atoms with Crippen LogP contribution in [-0.2, 0) is 9.32 Å². The van der Waals surface area contributed by atoms with Crippen LogP contribution >= 0.6 is 8.38 Å². The Kier molecular flexibility index (Phi) is 6.54. The summed E-state index contributed by atoms with van der Waals surface area (Å²) < 4.78 is 4.41. The Morgan fingerprint density at radius 2 is 2.20 bits per heavy atom. The molecule has 0 aliphatic carbocycles. The maximum Gasteiger partial charge on any atom is 0.323 e. The van der Waals surface area contributed by atoms with Gasteiger partial charge in [-0.05, 0) is 0 Å². The van der Waals surface area contributed by atoms with Crippen molar-refractivity contribution in [2.24, 2.45) is 0 Å². The number of carboxylic acid groups (broad SMARTS) is 1. The summed E-state index contributed by atoms with van der Waals surface area (Å²) in [5.41, 5.74) is -0.801. The smallest absolute Gasteiger partial charge is 0.323 e. The molecule has 15 heavy (non-hydrogen) atoms. The van der Waals surface area contributed by atoms with Gasteiger partial charge in [-0.25, -0.2) is 0 Å². The van der Waals surface area contributed by atoms with Crippen molar-refractivity contribution in [1.29, 1.82) is 5.26 Å². The minimum absolute atomic E-state index is 0.00586. The summed E-state index contributed by atoms with van der Waals surface area (Å²) in [4.78, 5) is 31.7. The van der Waals surface area contributed by atoms with E-state index in [4.69, 9.17) is 15.3 Å². The van der Waals surface area contributed by atoms with Crippen LogP contribution in [0.3, 0.4) is 0 Å². The number of amides is 1. The van der Waals surface area contributed by atoms with Gasteiger partial charge in [-0.2, -0.15) is 5.26 Å². The summed E-state index contributed by atoms with van der Waals surface area (Å²) in [5, 5.41) is 16.8. The second-order valence-electron chi connectivity index (χ2n) is 2.46. The topological polar surface area (TPSA) is 111 Å². The molecule has 0 aliphatic heterocycles. The van der Waals surface area contributed by atoms with Gasteiger partial charge in [0.2, 0.25) is 0 Å². The molecular formula is C7H11N2O5P. The Balaban J connectivity index is 4.41. The van der Waals surface area contributed by atoms with Crippen LogP contribution in [0.25, 0.3) is 0 Å². The lowest BCUT2D eigenvalue weighted by molar-refractivity contribution is -0.137. The molecule has 0 aliphatic rings. The summed E-state index contributed by atoms with van der Waals surface area (Å²) in [6.07, 6.45) is 0.00586. The summed E-state index contributed by atoms with van der Waals surface area (Å²) >= 11 is 0. The zero-order valence-electron chi connectivity index (χ0n) is 8.08. The van der Waals surface area contributed by atoms with Crippen molar-refractivity contribution in [2.75, 3.05) is 20.2 Å². The number of nitriles is 1. The molecule has 7 nitrogen and oxygen atoms in total. The summed E-state index contributed by atoms with van der Waals surface area (Å²) in [5.74, 6) is -1.21. The average Bonchev–Trinajstić information content (AvgIpc) is 2.21. The van der Waals surface area contributed by atoms with Crippen molar-refractivity contribution in [1.82, 2.24) is 4.90 Å². The molecule has 0 radical (unpaired) electrons. The number of nitrogens with zero attached hydrogens (tertiary/aromatic N) is 2. The van der Waals surface area contributed by atoms with E-state index in [1.165, 1.54) is 0 Å². The van der Waals surface area contributed by atoms with Crippen molar-refractivity contribution >= 4 is 20.0 Å². The number of carbonyl (C=O) groups is 2. The van der Waals surface area contributed by atoms with E-state index in [0.29, 0.717) is 0 Å². The number of hydrogen-bond acceptors (Lipinski definition) is 5. The van der Waals surface area contributed by atoms with Gasteiger partial charge >= 0.3 is 11.6 Å². The second-order valence-corrected chi connectivity index (χ2v) is 3.76. The molecule has 1 amide bonds. The van der Waals surface area contributed by atoms with E-state index in [1.54, 1.807) is 6.07 Å². The van der Waals surface area contributed by atoms with E-state index in [-0.39, 0.29) is 13.0 Å². The van der Waals surface area contributed by atoms with Crippen LogP contribution in [-0.4, -0.2) is 46.7 Å². The Morgan fingerprint density at radius 3 is 2.60 bits per heavy atom. The minimum atomic E-state index is -2.31. The number of carbonyl (C=O) groups excluding carboxylic acids is 1. The van der Waals surface area contributed by atoms with E-state index in [9.17, 15) is 9.59 Å². The highest BCUT2D eigenvalue weighted by atomic mass is 31.2. The van der Waals surface area contributed by atoms with Gasteiger partial charge in [0.25, 0.3) is 8.38 Å². The van der Waals surface area contributed by atoms with Crippen molar-refractivity contribution in [3.63, 3.8) is 0 Å². The lowest BCUT2D eigenvalue weighted by Gasteiger charge is -2.20. The first kappa shape index (κ1) is 13.8. The van der Waals surface area contributed by atoms with Crippen LogP contribution in [0.1, 0.15) is 6.42 Å². The summed E-state index contributed by atoms with van der Waals surface area (Å²) in [6, 6.07) is 1.78. The highest BCUT2D eigenvalue weighted by Crippen LogP contribution is 2.33. The zero-order valence-corrected chi connectivity index (χ0v) is 8.98. The Bertz CT molecular complexity index is 277. The third kappa shape index (κ3) is 5.27. The Labute approximate surface area is 87.8 Å². The third-order valence-electron chi connectivity index (χ3n) is 1.43. The van der Waals surface area contributed by atoms with Gasteiger partial charge in [-0.1, -0.05) is 0 Å². The van der Waals surface area contributed by atoms with Crippen molar-refractivity contribution < 1.29 is 24.1 Å². The van der Waals surface area contributed by atoms with Gasteiger partial charge in [0.1, 0.15) is 6.54 Å². The first-order valence-electron chi connectivity index (χ1n) is 3.93. The molecule has 1 unspecified atom stereocenters. The molecule has 84 valence electrons. The van der Waals surface area contributed by atoms with Gasteiger partial charge in [0, 0.05) is 13.7 Å². The molecule has 0 aromatic carbocycles. The largest absolute Gasteiger partial charge is 0.480 e. The van der Waals surface area contributed by atoms with Gasteiger partial charge < -0.3 is 19.4 Å². The molecular weight excluding hydrogens is 223 g/mol. The van der Waals surface area contributed by atoms with Crippen LogP contribution in [0.15, 0.2) is 0 Å². The fourth-order valence-electron chi connectivity index (χ4n) is 0.790. The maximum atomic E-state index is 11.3. The van der Waals surface area contributed by atoms with Gasteiger partial charge in [-0.15, -0.1) is 0 Å². The predicted molar refractivity (Wildman–Crippen MR) is 51.0 cm³/mol. The molecule has 0 saturated carbocycles. The fourth-order valence-corrected chi connectivity index (χ4v) is 1.36. The molecule has 0 spiro atoms. The molecule has 0 heterocycles. The minimum Gasteiger partial charge on any atom is -0.480 e. The number of hydrogen-bond donors (Lipinski definition) is 2. The molecule has 2 N–H and O–H groups in total. The monoisotopic (exact) mass is 234 g/mol. The molecule has 0 saturated heterocycles. The van der Waals surface area contributed by atoms with E-state index >= 15 is 0 Å². The van der Waals surface area contributed by atoms with Crippen molar-refractivity contribution in [3.05, 3.63) is 0 Å². The third-order valence-corrected chi connectivity index (χ3v) is 2.38. The van der Waals surface area contributed by atoms with E-state index < -0.39 is 26.5 Å². The molecule has 0 aromatic rings. The first-order chi connectivity index (χ1) is 7.02. The SMILES string of the molecule is COP(O)C(=O)N(CCC#N)CC(=O)O. The van der Waals surface area contributed by atoms with Crippen LogP contribution in [0.5, 0.6) is 0 Å². The van der Waals surface area contributed by atoms with Crippen LogP contribution in [0.2, 0.25) is 0 Å². The molecule has 8 heteroatoms. The second kappa shape index (κ2) is 7.12. The predicted octanol–water partition coefficient (Wildman–Crippen LogP) is 0.357. The van der Waals surface area contributed by atoms with E-state index in [0.717, 1.165) is 12.0 Å². The molecule has 0 rings (SSSR count).